The van der Waals surface area contributed by atoms with Crippen LogP contribution in [0.4, 0.5) is 0 Å². The third-order valence-corrected chi connectivity index (χ3v) is 4.55. The summed E-state index contributed by atoms with van der Waals surface area (Å²) in [4.78, 5) is 22.9. The summed E-state index contributed by atoms with van der Waals surface area (Å²) in [6, 6.07) is 0. The van der Waals surface area contributed by atoms with Crippen molar-refractivity contribution in [2.24, 2.45) is 11.3 Å². The number of hydrogen-bond acceptors (Lipinski definition) is 4. The zero-order valence-corrected chi connectivity index (χ0v) is 12.3. The lowest BCUT2D eigenvalue weighted by atomic mass is 9.73. The Morgan fingerprint density at radius 2 is 2.20 bits per heavy atom. The zero-order valence-electron chi connectivity index (χ0n) is 12.3. The molecule has 0 bridgehead atoms. The number of fused-ring (bicyclic) bond motifs is 1. The lowest BCUT2D eigenvalue weighted by molar-refractivity contribution is -0.134. The van der Waals surface area contributed by atoms with E-state index in [4.69, 9.17) is 0 Å². The lowest BCUT2D eigenvalue weighted by Gasteiger charge is -2.36. The van der Waals surface area contributed by atoms with Crippen molar-refractivity contribution in [1.29, 1.82) is 0 Å². The molecular formula is C16H20O4. The minimum atomic E-state index is -1.13. The number of carbonyl (C=O) groups is 2. The van der Waals surface area contributed by atoms with Gasteiger partial charge in [0.2, 0.25) is 0 Å². The van der Waals surface area contributed by atoms with Crippen LogP contribution in [0.5, 0.6) is 0 Å². The number of ether oxygens (including phenoxy) is 1. The SMILES string of the molecule is COC(=O)/C=C(C)/C=C/C1(O)C(C)=CC(=O)C2CC21C. The molecule has 0 saturated heterocycles. The molecule has 0 aromatic rings. The summed E-state index contributed by atoms with van der Waals surface area (Å²) in [6.07, 6.45) is 6.97. The van der Waals surface area contributed by atoms with Gasteiger partial charge in [0.15, 0.2) is 5.78 Å². The monoisotopic (exact) mass is 276 g/mol. The van der Waals surface area contributed by atoms with Crippen LogP contribution in [0.1, 0.15) is 27.2 Å². The molecule has 1 fully saturated rings. The Balaban J connectivity index is 2.28. The van der Waals surface area contributed by atoms with E-state index in [2.05, 4.69) is 4.74 Å². The standard InChI is InChI=1S/C16H20O4/c1-10(7-14(18)20-4)5-6-16(19)11(2)8-13(17)12-9-15(12,16)3/h5-8,12,19H,9H2,1-4H3/b6-5+,10-7+. The summed E-state index contributed by atoms with van der Waals surface area (Å²) in [5.74, 6) is -0.420. The molecule has 3 unspecified atom stereocenters. The van der Waals surface area contributed by atoms with E-state index in [1.807, 2.05) is 6.92 Å². The first-order chi connectivity index (χ1) is 9.24. The van der Waals surface area contributed by atoms with Crippen LogP contribution in [0.15, 0.2) is 35.5 Å². The molecule has 1 N–H and O–H groups in total. The molecule has 0 aliphatic heterocycles. The normalized spacial score (nSPS) is 36.6. The fourth-order valence-electron chi connectivity index (χ4n) is 2.94. The maximum absolute atomic E-state index is 11.8. The lowest BCUT2D eigenvalue weighted by Crippen LogP contribution is -2.42. The minimum absolute atomic E-state index is 0.0919. The number of carbonyl (C=O) groups excluding carboxylic acids is 2. The van der Waals surface area contributed by atoms with Gasteiger partial charge in [-0.05, 0) is 43.6 Å². The van der Waals surface area contributed by atoms with Gasteiger partial charge in [0.25, 0.3) is 0 Å². The molecule has 3 atom stereocenters. The molecule has 4 nitrogen and oxygen atoms in total. The third-order valence-electron chi connectivity index (χ3n) is 4.55. The molecule has 1 saturated carbocycles. The van der Waals surface area contributed by atoms with Gasteiger partial charge in [0.05, 0.1) is 7.11 Å². The van der Waals surface area contributed by atoms with E-state index in [1.165, 1.54) is 19.3 Å². The maximum Gasteiger partial charge on any atom is 0.330 e. The molecule has 108 valence electrons. The van der Waals surface area contributed by atoms with Gasteiger partial charge in [-0.25, -0.2) is 4.79 Å². The van der Waals surface area contributed by atoms with Crippen LogP contribution in [0, 0.1) is 11.3 Å². The topological polar surface area (TPSA) is 63.6 Å². The average molecular weight is 276 g/mol. The second kappa shape index (κ2) is 4.70. The number of aliphatic hydroxyl groups is 1. The summed E-state index contributed by atoms with van der Waals surface area (Å²) in [6.45, 7) is 5.45. The van der Waals surface area contributed by atoms with Gasteiger partial charge in [0, 0.05) is 17.4 Å². The molecule has 0 aromatic heterocycles. The van der Waals surface area contributed by atoms with E-state index in [-0.39, 0.29) is 11.7 Å². The van der Waals surface area contributed by atoms with E-state index in [0.717, 1.165) is 0 Å². The largest absolute Gasteiger partial charge is 0.466 e. The second-order valence-electron chi connectivity index (χ2n) is 5.92. The molecule has 2 aliphatic rings. The van der Waals surface area contributed by atoms with E-state index in [0.29, 0.717) is 17.6 Å². The van der Waals surface area contributed by atoms with Crippen LogP contribution < -0.4 is 0 Å². The number of ketones is 1. The van der Waals surface area contributed by atoms with Crippen molar-refractivity contribution < 1.29 is 19.4 Å². The first-order valence-electron chi connectivity index (χ1n) is 6.65. The average Bonchev–Trinajstić information content (AvgIpc) is 3.09. The molecule has 2 rings (SSSR count). The third kappa shape index (κ3) is 2.14. The smallest absolute Gasteiger partial charge is 0.330 e. The predicted octanol–water partition coefficient (Wildman–Crippen LogP) is 1.95. The van der Waals surface area contributed by atoms with Gasteiger partial charge in [-0.3, -0.25) is 4.79 Å². The van der Waals surface area contributed by atoms with Gasteiger partial charge in [0.1, 0.15) is 5.60 Å². The molecule has 0 radical (unpaired) electrons. The van der Waals surface area contributed by atoms with E-state index in [1.54, 1.807) is 26.0 Å². The molecule has 4 heteroatoms. The van der Waals surface area contributed by atoms with Crippen LogP contribution in [0.2, 0.25) is 0 Å². The van der Waals surface area contributed by atoms with Gasteiger partial charge in [-0.15, -0.1) is 0 Å². The van der Waals surface area contributed by atoms with Crippen molar-refractivity contribution in [3.63, 3.8) is 0 Å². The molecule has 20 heavy (non-hydrogen) atoms. The van der Waals surface area contributed by atoms with Crippen molar-refractivity contribution in [3.05, 3.63) is 35.5 Å². The minimum Gasteiger partial charge on any atom is -0.466 e. The zero-order chi connectivity index (χ0) is 15.1. The molecule has 0 aromatic carbocycles. The van der Waals surface area contributed by atoms with Gasteiger partial charge in [-0.1, -0.05) is 13.0 Å². The van der Waals surface area contributed by atoms with Crippen LogP contribution >= 0.6 is 0 Å². The Labute approximate surface area is 118 Å². The molecule has 0 amide bonds. The summed E-state index contributed by atoms with van der Waals surface area (Å²) in [5, 5.41) is 10.9. The van der Waals surface area contributed by atoms with E-state index >= 15 is 0 Å². The Morgan fingerprint density at radius 1 is 1.55 bits per heavy atom. The summed E-state index contributed by atoms with van der Waals surface area (Å²) in [5.41, 5.74) is -0.210. The van der Waals surface area contributed by atoms with Crippen LogP contribution in [0.25, 0.3) is 0 Å². The van der Waals surface area contributed by atoms with Gasteiger partial charge >= 0.3 is 5.97 Å². The number of esters is 1. The molecule has 2 aliphatic carbocycles. The number of hydrogen-bond donors (Lipinski definition) is 1. The first-order valence-corrected chi connectivity index (χ1v) is 6.65. The highest BCUT2D eigenvalue weighted by Crippen LogP contribution is 2.64. The first kappa shape index (κ1) is 14.7. The quantitative estimate of drug-likeness (QED) is 0.486. The fourth-order valence-corrected chi connectivity index (χ4v) is 2.94. The van der Waals surface area contributed by atoms with Crippen molar-refractivity contribution in [3.8, 4) is 0 Å². The van der Waals surface area contributed by atoms with Gasteiger partial charge < -0.3 is 9.84 Å². The summed E-state index contributed by atoms with van der Waals surface area (Å²) < 4.78 is 4.55. The van der Waals surface area contributed by atoms with Crippen LogP contribution in [-0.2, 0) is 14.3 Å². The number of methoxy groups -OCH3 is 1. The molecular weight excluding hydrogens is 256 g/mol. The van der Waals surface area contributed by atoms with Crippen LogP contribution in [0.3, 0.4) is 0 Å². The summed E-state index contributed by atoms with van der Waals surface area (Å²) in [7, 11) is 1.32. The maximum atomic E-state index is 11.8. The number of allylic oxidation sites excluding steroid dienone is 3. The summed E-state index contributed by atoms with van der Waals surface area (Å²) >= 11 is 0. The van der Waals surface area contributed by atoms with Crippen LogP contribution in [-0.4, -0.2) is 29.6 Å². The predicted molar refractivity (Wildman–Crippen MR) is 74.8 cm³/mol. The number of rotatable bonds is 3. The van der Waals surface area contributed by atoms with E-state index in [9.17, 15) is 14.7 Å². The highest BCUT2D eigenvalue weighted by molar-refractivity contribution is 5.97. The fraction of sp³-hybridized carbons (Fsp3) is 0.500. The molecule has 0 spiro atoms. The Morgan fingerprint density at radius 3 is 2.80 bits per heavy atom. The Kier molecular flexibility index (Phi) is 3.46. The Hall–Kier alpha value is -1.68. The second-order valence-corrected chi connectivity index (χ2v) is 5.92. The Bertz CT molecular complexity index is 555. The van der Waals surface area contributed by atoms with Crippen molar-refractivity contribution >= 4 is 11.8 Å². The van der Waals surface area contributed by atoms with Crippen molar-refractivity contribution in [1.82, 2.24) is 0 Å². The van der Waals surface area contributed by atoms with Gasteiger partial charge in [-0.2, -0.15) is 0 Å². The van der Waals surface area contributed by atoms with Crippen molar-refractivity contribution in [2.75, 3.05) is 7.11 Å². The van der Waals surface area contributed by atoms with Crippen molar-refractivity contribution in [2.45, 2.75) is 32.8 Å². The van der Waals surface area contributed by atoms with E-state index < -0.39 is 17.0 Å². The molecule has 0 heterocycles. The highest BCUT2D eigenvalue weighted by Gasteiger charge is 2.67. The highest BCUT2D eigenvalue weighted by atomic mass is 16.5.